The number of aliphatic hydroxyl groups excluding tert-OH is 1. The van der Waals surface area contributed by atoms with Gasteiger partial charge in [0.15, 0.2) is 4.34 Å². The molecule has 6 nitrogen and oxygen atoms in total. The molecule has 0 aliphatic carbocycles. The predicted molar refractivity (Wildman–Crippen MR) is 65.6 cm³/mol. The molecule has 9 heteroatoms. The molecule has 0 aliphatic heterocycles. The zero-order valence-electron chi connectivity index (χ0n) is 8.56. The van der Waals surface area contributed by atoms with E-state index in [1.807, 2.05) is 0 Å². The van der Waals surface area contributed by atoms with Crippen LogP contribution < -0.4 is 0 Å². The van der Waals surface area contributed by atoms with Crippen molar-refractivity contribution in [3.05, 3.63) is 27.4 Å². The average Bonchev–Trinajstić information content (AvgIpc) is 2.87. The molecule has 0 saturated carbocycles. The Morgan fingerprint density at radius 3 is 2.94 bits per heavy atom. The van der Waals surface area contributed by atoms with Gasteiger partial charge in [-0.05, 0) is 30.2 Å². The lowest BCUT2D eigenvalue weighted by Gasteiger charge is -1.95. The first-order valence-corrected chi connectivity index (χ1v) is 6.89. The van der Waals surface area contributed by atoms with Crippen LogP contribution in [0.4, 0.5) is 5.69 Å². The summed E-state index contributed by atoms with van der Waals surface area (Å²) < 4.78 is 4.99. The first-order valence-electron chi connectivity index (χ1n) is 4.48. The Hall–Kier alpha value is -1.03. The fourth-order valence-electron chi connectivity index (χ4n) is 1.08. The van der Waals surface area contributed by atoms with Gasteiger partial charge in [0.2, 0.25) is 0 Å². The molecule has 17 heavy (non-hydrogen) atoms. The minimum absolute atomic E-state index is 0.00565. The van der Waals surface area contributed by atoms with Crippen LogP contribution in [0.3, 0.4) is 0 Å². The van der Waals surface area contributed by atoms with E-state index in [-0.39, 0.29) is 5.69 Å². The van der Waals surface area contributed by atoms with Crippen LogP contribution in [0.5, 0.6) is 0 Å². The van der Waals surface area contributed by atoms with E-state index in [9.17, 15) is 15.2 Å². The summed E-state index contributed by atoms with van der Waals surface area (Å²) in [7, 11) is 0. The summed E-state index contributed by atoms with van der Waals surface area (Å²) in [4.78, 5) is 14.9. The second-order valence-corrected chi connectivity index (χ2v) is 6.44. The molecule has 0 fully saturated rings. The maximum Gasteiger partial charge on any atom is 0.294 e. The van der Waals surface area contributed by atoms with Gasteiger partial charge >= 0.3 is 0 Å². The highest BCUT2D eigenvalue weighted by Crippen LogP contribution is 2.43. The quantitative estimate of drug-likeness (QED) is 0.687. The molecule has 0 amide bonds. The molecular weight excluding hydrogens is 282 g/mol. The lowest BCUT2D eigenvalue weighted by atomic mass is 10.3. The van der Waals surface area contributed by atoms with Crippen LogP contribution in [0.15, 0.2) is 20.9 Å². The molecule has 2 rings (SSSR count). The normalized spacial score (nSPS) is 12.6. The van der Waals surface area contributed by atoms with Gasteiger partial charge in [0.1, 0.15) is 10.5 Å². The van der Waals surface area contributed by atoms with E-state index in [1.54, 1.807) is 6.92 Å². The lowest BCUT2D eigenvalue weighted by molar-refractivity contribution is -0.387. The third kappa shape index (κ3) is 2.80. The molecule has 0 aliphatic rings. The van der Waals surface area contributed by atoms with E-state index in [4.69, 9.17) is 0 Å². The molecule has 2 aromatic rings. The smallest absolute Gasteiger partial charge is 0.294 e. The van der Waals surface area contributed by atoms with Crippen molar-refractivity contribution in [2.24, 2.45) is 0 Å². The summed E-state index contributed by atoms with van der Waals surface area (Å²) >= 11 is 3.58. The van der Waals surface area contributed by atoms with Crippen LogP contribution >= 0.6 is 34.6 Å². The Kier molecular flexibility index (Phi) is 3.72. The SMILES string of the molecule is C[C@H](O)c1cc([N+](=O)[O-])c(Sc2ncns2)s1. The van der Waals surface area contributed by atoms with Crippen LogP contribution in [-0.4, -0.2) is 19.4 Å². The fourth-order valence-corrected chi connectivity index (χ4v) is 4.02. The third-order valence-corrected chi connectivity index (χ3v) is 5.03. The molecule has 2 aromatic heterocycles. The van der Waals surface area contributed by atoms with Crippen LogP contribution in [-0.2, 0) is 0 Å². The zero-order valence-corrected chi connectivity index (χ0v) is 11.0. The number of hydrogen-bond donors (Lipinski definition) is 1. The highest BCUT2D eigenvalue weighted by atomic mass is 32.2. The molecule has 90 valence electrons. The van der Waals surface area contributed by atoms with E-state index in [0.29, 0.717) is 13.4 Å². The van der Waals surface area contributed by atoms with Gasteiger partial charge in [0, 0.05) is 10.9 Å². The monoisotopic (exact) mass is 289 g/mol. The molecule has 0 bridgehead atoms. The number of thiophene rings is 1. The van der Waals surface area contributed by atoms with Crippen LogP contribution in [0.2, 0.25) is 0 Å². The number of nitro groups is 1. The molecular formula is C8H7N3O3S3. The van der Waals surface area contributed by atoms with Gasteiger partial charge in [-0.1, -0.05) is 0 Å². The van der Waals surface area contributed by atoms with Crippen molar-refractivity contribution in [2.75, 3.05) is 0 Å². The van der Waals surface area contributed by atoms with Gasteiger partial charge in [-0.25, -0.2) is 4.98 Å². The topological polar surface area (TPSA) is 89.2 Å². The Morgan fingerprint density at radius 1 is 1.65 bits per heavy atom. The molecule has 2 heterocycles. The van der Waals surface area contributed by atoms with Crippen LogP contribution in [0.25, 0.3) is 0 Å². The van der Waals surface area contributed by atoms with Gasteiger partial charge in [0.25, 0.3) is 5.69 Å². The lowest BCUT2D eigenvalue weighted by Crippen LogP contribution is -1.87. The number of nitrogens with zero attached hydrogens (tertiary/aromatic N) is 3. The van der Waals surface area contributed by atoms with Crippen molar-refractivity contribution in [3.8, 4) is 0 Å². The van der Waals surface area contributed by atoms with Gasteiger partial charge in [-0.2, -0.15) is 4.37 Å². The second-order valence-electron chi connectivity index (χ2n) is 3.06. The van der Waals surface area contributed by atoms with Crippen molar-refractivity contribution >= 4 is 40.3 Å². The van der Waals surface area contributed by atoms with E-state index in [1.165, 1.54) is 47.0 Å². The van der Waals surface area contributed by atoms with E-state index < -0.39 is 11.0 Å². The minimum Gasteiger partial charge on any atom is -0.388 e. The van der Waals surface area contributed by atoms with Crippen LogP contribution in [0, 0.1) is 10.1 Å². The Balaban J connectivity index is 2.34. The summed E-state index contributed by atoms with van der Waals surface area (Å²) in [6, 6.07) is 1.40. The summed E-state index contributed by atoms with van der Waals surface area (Å²) in [5.74, 6) is 0. The zero-order chi connectivity index (χ0) is 12.4. The summed E-state index contributed by atoms with van der Waals surface area (Å²) in [5.41, 5.74) is 0.00565. The van der Waals surface area contributed by atoms with Gasteiger partial charge in [-0.15, -0.1) is 11.3 Å². The van der Waals surface area contributed by atoms with Crippen molar-refractivity contribution in [1.29, 1.82) is 0 Å². The van der Waals surface area contributed by atoms with E-state index >= 15 is 0 Å². The maximum atomic E-state index is 10.9. The average molecular weight is 289 g/mol. The molecule has 0 saturated heterocycles. The van der Waals surface area contributed by atoms with E-state index in [2.05, 4.69) is 9.36 Å². The van der Waals surface area contributed by atoms with Crippen molar-refractivity contribution in [3.63, 3.8) is 0 Å². The minimum atomic E-state index is -0.706. The molecule has 0 unspecified atom stereocenters. The van der Waals surface area contributed by atoms with E-state index in [0.717, 1.165) is 0 Å². The van der Waals surface area contributed by atoms with Crippen molar-refractivity contribution in [2.45, 2.75) is 21.6 Å². The standard InChI is InChI=1S/C8H7N3O3S3/c1-4(12)6-2-5(11(13)14)7(15-6)16-8-9-3-10-17-8/h2-4,12H,1H3/t4-/m0/s1. The number of hydrogen-bond acceptors (Lipinski definition) is 8. The molecule has 1 atom stereocenters. The fraction of sp³-hybridized carbons (Fsp3) is 0.250. The molecule has 0 radical (unpaired) electrons. The summed E-state index contributed by atoms with van der Waals surface area (Å²) in [6.45, 7) is 1.58. The highest BCUT2D eigenvalue weighted by molar-refractivity contribution is 8.02. The first kappa shape index (κ1) is 12.4. The maximum absolute atomic E-state index is 10.9. The molecule has 0 spiro atoms. The Labute approximate surface area is 109 Å². The first-order chi connectivity index (χ1) is 8.08. The molecule has 0 aromatic carbocycles. The highest BCUT2D eigenvalue weighted by Gasteiger charge is 2.22. The summed E-state index contributed by atoms with van der Waals surface area (Å²) in [5, 5.41) is 20.3. The van der Waals surface area contributed by atoms with Gasteiger partial charge in [-0.3, -0.25) is 10.1 Å². The van der Waals surface area contributed by atoms with Gasteiger partial charge in [0.05, 0.1) is 11.0 Å². The molecule has 1 N–H and O–H groups in total. The second kappa shape index (κ2) is 5.08. The number of aliphatic hydroxyl groups is 1. The number of aromatic nitrogens is 2. The third-order valence-electron chi connectivity index (χ3n) is 1.83. The Bertz CT molecular complexity index is 523. The van der Waals surface area contributed by atoms with Gasteiger partial charge < -0.3 is 5.11 Å². The predicted octanol–water partition coefficient (Wildman–Crippen LogP) is 2.71. The van der Waals surface area contributed by atoms with Crippen molar-refractivity contribution < 1.29 is 10.0 Å². The van der Waals surface area contributed by atoms with Crippen molar-refractivity contribution in [1.82, 2.24) is 9.36 Å². The van der Waals surface area contributed by atoms with Crippen LogP contribution in [0.1, 0.15) is 17.9 Å². The Morgan fingerprint density at radius 2 is 2.41 bits per heavy atom. The largest absolute Gasteiger partial charge is 0.388 e. The summed E-state index contributed by atoms with van der Waals surface area (Å²) in [6.07, 6.45) is 0.699. The number of rotatable bonds is 4.